The van der Waals surface area contributed by atoms with Crippen LogP contribution in [-0.4, -0.2) is 6.73 Å². The van der Waals surface area contributed by atoms with E-state index in [2.05, 4.69) is 0 Å². The maximum Gasteiger partial charge on any atom is 0.175 e. The quantitative estimate of drug-likeness (QED) is 0.605. The van der Waals surface area contributed by atoms with Gasteiger partial charge < -0.3 is 4.74 Å². The van der Waals surface area contributed by atoms with Crippen LogP contribution in [0.3, 0.4) is 0 Å². The van der Waals surface area contributed by atoms with E-state index in [1.54, 1.807) is 11.3 Å². The Hall–Kier alpha value is -0.540. The number of nitrogens with two attached hydrogens (primary N) is 1. The van der Waals surface area contributed by atoms with Gasteiger partial charge in [-0.05, 0) is 17.5 Å². The zero-order valence-electron chi connectivity index (χ0n) is 4.33. The first-order valence-electron chi connectivity index (χ1n) is 2.30. The largest absolute Gasteiger partial charge is 0.469 e. The number of ether oxygens (including phenoxy) is 1. The van der Waals surface area contributed by atoms with E-state index in [9.17, 15) is 0 Å². The van der Waals surface area contributed by atoms with Crippen molar-refractivity contribution < 1.29 is 4.74 Å². The van der Waals surface area contributed by atoms with Crippen LogP contribution in [0.4, 0.5) is 0 Å². The molecule has 1 heterocycles. The predicted molar refractivity (Wildman–Crippen MR) is 34.0 cm³/mol. The third kappa shape index (κ3) is 1.21. The van der Waals surface area contributed by atoms with Crippen molar-refractivity contribution >= 4 is 11.3 Å². The maximum atomic E-state index is 5.10. The predicted octanol–water partition coefficient (Wildman–Crippen LogP) is 1.04. The van der Waals surface area contributed by atoms with E-state index < -0.39 is 0 Å². The van der Waals surface area contributed by atoms with Gasteiger partial charge in [0.05, 0.1) is 0 Å². The van der Waals surface area contributed by atoms with Crippen molar-refractivity contribution in [1.82, 2.24) is 0 Å². The average Bonchev–Trinajstić information content (AvgIpc) is 2.19. The van der Waals surface area contributed by atoms with E-state index in [-0.39, 0.29) is 6.73 Å². The summed E-state index contributed by atoms with van der Waals surface area (Å²) in [5.74, 6) is 0. The van der Waals surface area contributed by atoms with E-state index in [4.69, 9.17) is 10.5 Å². The van der Waals surface area contributed by atoms with Crippen LogP contribution in [0.15, 0.2) is 17.5 Å². The summed E-state index contributed by atoms with van der Waals surface area (Å²) in [6.45, 7) is 0.264. The van der Waals surface area contributed by atoms with Gasteiger partial charge in [-0.1, -0.05) is 0 Å². The average molecular weight is 129 g/mol. The Morgan fingerprint density at radius 1 is 1.75 bits per heavy atom. The van der Waals surface area contributed by atoms with E-state index in [1.807, 2.05) is 17.5 Å². The standard InChI is InChI=1S/C5H7NOS/c6-4-7-5-2-1-3-8-5/h1-3H,4,6H2. The van der Waals surface area contributed by atoms with Gasteiger partial charge in [0, 0.05) is 0 Å². The fourth-order valence-electron chi connectivity index (χ4n) is 0.428. The van der Waals surface area contributed by atoms with Crippen LogP contribution in [0, 0.1) is 0 Å². The molecule has 0 amide bonds. The molecule has 0 bridgehead atoms. The molecule has 2 N–H and O–H groups in total. The van der Waals surface area contributed by atoms with Crippen molar-refractivity contribution in [2.45, 2.75) is 0 Å². The minimum Gasteiger partial charge on any atom is -0.469 e. The molecule has 0 spiro atoms. The summed E-state index contributed by atoms with van der Waals surface area (Å²) >= 11 is 1.55. The highest BCUT2D eigenvalue weighted by Crippen LogP contribution is 2.16. The summed E-state index contributed by atoms with van der Waals surface area (Å²) < 4.78 is 4.94. The second-order valence-corrected chi connectivity index (χ2v) is 2.15. The molecule has 0 radical (unpaired) electrons. The van der Waals surface area contributed by atoms with Crippen molar-refractivity contribution in [2.75, 3.05) is 6.73 Å². The van der Waals surface area contributed by atoms with Gasteiger partial charge in [-0.25, -0.2) is 0 Å². The highest BCUT2D eigenvalue weighted by molar-refractivity contribution is 7.11. The van der Waals surface area contributed by atoms with Crippen LogP contribution in [0.5, 0.6) is 5.06 Å². The van der Waals surface area contributed by atoms with Crippen LogP contribution in [0.1, 0.15) is 0 Å². The minimum absolute atomic E-state index is 0.264. The lowest BCUT2D eigenvalue weighted by Gasteiger charge is -1.93. The molecule has 3 heteroatoms. The summed E-state index contributed by atoms with van der Waals surface area (Å²) in [4.78, 5) is 0. The van der Waals surface area contributed by atoms with Gasteiger partial charge in [0.15, 0.2) is 5.06 Å². The van der Waals surface area contributed by atoms with Crippen molar-refractivity contribution in [3.05, 3.63) is 17.5 Å². The van der Waals surface area contributed by atoms with Gasteiger partial charge in [-0.2, -0.15) is 0 Å². The molecule has 0 atom stereocenters. The van der Waals surface area contributed by atoms with Crippen LogP contribution in [0.25, 0.3) is 0 Å². The first-order valence-corrected chi connectivity index (χ1v) is 3.18. The lowest BCUT2D eigenvalue weighted by Crippen LogP contribution is -2.05. The molecule has 8 heavy (non-hydrogen) atoms. The topological polar surface area (TPSA) is 35.2 Å². The molecule has 0 saturated carbocycles. The van der Waals surface area contributed by atoms with Crippen LogP contribution >= 0.6 is 11.3 Å². The number of thiophene rings is 1. The minimum atomic E-state index is 0.264. The van der Waals surface area contributed by atoms with Gasteiger partial charge in [0.2, 0.25) is 0 Å². The second kappa shape index (κ2) is 2.69. The van der Waals surface area contributed by atoms with E-state index in [1.165, 1.54) is 0 Å². The summed E-state index contributed by atoms with van der Waals surface area (Å²) in [6.07, 6.45) is 0. The number of hydrogen-bond donors (Lipinski definition) is 1. The monoisotopic (exact) mass is 129 g/mol. The maximum absolute atomic E-state index is 5.10. The Morgan fingerprint density at radius 2 is 2.62 bits per heavy atom. The number of rotatable bonds is 2. The van der Waals surface area contributed by atoms with Gasteiger partial charge >= 0.3 is 0 Å². The molecule has 0 unspecified atom stereocenters. The SMILES string of the molecule is NCOc1cccs1. The summed E-state index contributed by atoms with van der Waals surface area (Å²) in [7, 11) is 0. The number of hydrogen-bond acceptors (Lipinski definition) is 3. The van der Waals surface area contributed by atoms with Gasteiger partial charge in [-0.3, -0.25) is 5.73 Å². The van der Waals surface area contributed by atoms with E-state index >= 15 is 0 Å². The Labute approximate surface area is 51.9 Å². The first kappa shape index (κ1) is 5.59. The van der Waals surface area contributed by atoms with Gasteiger partial charge in [-0.15, -0.1) is 11.3 Å². The lowest BCUT2D eigenvalue weighted by molar-refractivity contribution is 0.339. The summed E-state index contributed by atoms with van der Waals surface area (Å²) in [5.41, 5.74) is 5.10. The van der Waals surface area contributed by atoms with Crippen LogP contribution in [-0.2, 0) is 0 Å². The molecule has 2 nitrogen and oxygen atoms in total. The fraction of sp³-hybridized carbons (Fsp3) is 0.200. The molecule has 1 aromatic heterocycles. The third-order valence-corrected chi connectivity index (χ3v) is 1.50. The van der Waals surface area contributed by atoms with Crippen LogP contribution in [0.2, 0.25) is 0 Å². The lowest BCUT2D eigenvalue weighted by atomic mass is 10.7. The van der Waals surface area contributed by atoms with Gasteiger partial charge in [0.1, 0.15) is 6.73 Å². The molecular formula is C5H7NOS. The molecule has 1 aromatic rings. The summed E-state index contributed by atoms with van der Waals surface area (Å²) in [6, 6.07) is 3.81. The third-order valence-electron chi connectivity index (χ3n) is 0.721. The zero-order chi connectivity index (χ0) is 5.82. The second-order valence-electron chi connectivity index (χ2n) is 1.24. The Kier molecular flexibility index (Phi) is 1.88. The van der Waals surface area contributed by atoms with Crippen molar-refractivity contribution in [3.63, 3.8) is 0 Å². The van der Waals surface area contributed by atoms with E-state index in [0.29, 0.717) is 0 Å². The van der Waals surface area contributed by atoms with Crippen LogP contribution < -0.4 is 10.5 Å². The van der Waals surface area contributed by atoms with E-state index in [0.717, 1.165) is 5.06 Å². The molecule has 44 valence electrons. The molecular weight excluding hydrogens is 122 g/mol. The normalized spacial score (nSPS) is 9.12. The molecule has 0 saturated heterocycles. The molecule has 1 rings (SSSR count). The first-order chi connectivity index (χ1) is 3.93. The fourth-order valence-corrected chi connectivity index (χ4v) is 1.01. The Balaban J connectivity index is 2.50. The summed E-state index contributed by atoms with van der Waals surface area (Å²) in [5, 5.41) is 2.83. The smallest absolute Gasteiger partial charge is 0.175 e. The van der Waals surface area contributed by atoms with Crippen molar-refractivity contribution in [3.8, 4) is 5.06 Å². The molecule has 0 aliphatic rings. The molecule has 0 fully saturated rings. The van der Waals surface area contributed by atoms with Crippen molar-refractivity contribution in [1.29, 1.82) is 0 Å². The van der Waals surface area contributed by atoms with Gasteiger partial charge in [0.25, 0.3) is 0 Å². The molecule has 0 aliphatic heterocycles. The highest BCUT2D eigenvalue weighted by Gasteiger charge is 1.86. The molecule has 0 aliphatic carbocycles. The highest BCUT2D eigenvalue weighted by atomic mass is 32.1. The Morgan fingerprint density at radius 3 is 3.12 bits per heavy atom. The zero-order valence-corrected chi connectivity index (χ0v) is 5.15. The van der Waals surface area contributed by atoms with Crippen molar-refractivity contribution in [2.24, 2.45) is 5.73 Å². The Bertz CT molecular complexity index is 138. The molecule has 0 aromatic carbocycles.